The number of esters is 1. The van der Waals surface area contributed by atoms with Crippen molar-refractivity contribution in [3.63, 3.8) is 0 Å². The largest absolute Gasteiger partial charge is 0.466 e. The van der Waals surface area contributed by atoms with Gasteiger partial charge < -0.3 is 19.5 Å². The summed E-state index contributed by atoms with van der Waals surface area (Å²) in [4.78, 5) is 22.7. The summed E-state index contributed by atoms with van der Waals surface area (Å²) in [6, 6.07) is 8.53. The first kappa shape index (κ1) is 19.9. The van der Waals surface area contributed by atoms with E-state index < -0.39 is 0 Å². The first-order valence-electron chi connectivity index (χ1n) is 9.85. The molecular weight excluding hydrogens is 354 g/mol. The molecule has 7 nitrogen and oxygen atoms in total. The maximum Gasteiger partial charge on any atom is 0.310 e. The molecule has 150 valence electrons. The average Bonchev–Trinajstić information content (AvgIpc) is 3.23. The van der Waals surface area contributed by atoms with Gasteiger partial charge in [-0.1, -0.05) is 24.3 Å². The van der Waals surface area contributed by atoms with Gasteiger partial charge in [-0.05, 0) is 30.9 Å². The van der Waals surface area contributed by atoms with E-state index in [4.69, 9.17) is 4.74 Å². The van der Waals surface area contributed by atoms with Crippen molar-refractivity contribution in [1.82, 2.24) is 19.8 Å². The van der Waals surface area contributed by atoms with Crippen LogP contribution in [0.1, 0.15) is 30.9 Å². The first-order valence-corrected chi connectivity index (χ1v) is 9.85. The lowest BCUT2D eigenvalue weighted by atomic mass is 9.98. The number of rotatable bonds is 6. The summed E-state index contributed by atoms with van der Waals surface area (Å²) >= 11 is 0. The molecule has 0 saturated carbocycles. The molecule has 1 N–H and O–H groups in total. The highest BCUT2D eigenvalue weighted by Crippen LogP contribution is 2.18. The van der Waals surface area contributed by atoms with Crippen molar-refractivity contribution < 1.29 is 9.53 Å². The number of hydrogen-bond acceptors (Lipinski definition) is 4. The van der Waals surface area contributed by atoms with E-state index in [9.17, 15) is 4.79 Å². The van der Waals surface area contributed by atoms with Crippen LogP contribution in [-0.4, -0.2) is 53.1 Å². The van der Waals surface area contributed by atoms with E-state index in [0.717, 1.165) is 31.9 Å². The molecule has 0 amide bonds. The Hall–Kier alpha value is -2.83. The highest BCUT2D eigenvalue weighted by molar-refractivity contribution is 5.81. The maximum absolute atomic E-state index is 12.1. The smallest absolute Gasteiger partial charge is 0.310 e. The maximum atomic E-state index is 12.1. The van der Waals surface area contributed by atoms with Crippen LogP contribution in [0.5, 0.6) is 0 Å². The Bertz CT molecular complexity index is 771. The van der Waals surface area contributed by atoms with Crippen LogP contribution in [0.2, 0.25) is 0 Å². The number of guanidine groups is 1. The second-order valence-corrected chi connectivity index (χ2v) is 6.99. The van der Waals surface area contributed by atoms with Crippen LogP contribution < -0.4 is 5.32 Å². The van der Waals surface area contributed by atoms with E-state index in [1.54, 1.807) is 13.2 Å². The number of nitrogens with one attached hydrogen (secondary N) is 1. The SMILES string of the molecule is CCOC(=O)C1CCCN(C(=NC)NCc2ccc(Cn3ccnc3)cc2)C1. The molecule has 1 atom stereocenters. The zero-order valence-corrected chi connectivity index (χ0v) is 16.7. The fourth-order valence-corrected chi connectivity index (χ4v) is 3.49. The lowest BCUT2D eigenvalue weighted by molar-refractivity contribution is -0.149. The van der Waals surface area contributed by atoms with Crippen molar-refractivity contribution in [3.05, 3.63) is 54.1 Å². The molecule has 0 radical (unpaired) electrons. The highest BCUT2D eigenvalue weighted by atomic mass is 16.5. The van der Waals surface area contributed by atoms with Gasteiger partial charge >= 0.3 is 5.97 Å². The summed E-state index contributed by atoms with van der Waals surface area (Å²) in [7, 11) is 1.78. The highest BCUT2D eigenvalue weighted by Gasteiger charge is 2.28. The summed E-state index contributed by atoms with van der Waals surface area (Å²) in [6.07, 6.45) is 7.41. The molecule has 28 heavy (non-hydrogen) atoms. The number of ether oxygens (including phenoxy) is 1. The second-order valence-electron chi connectivity index (χ2n) is 6.99. The van der Waals surface area contributed by atoms with Gasteiger partial charge in [0, 0.05) is 45.6 Å². The molecule has 1 unspecified atom stereocenters. The van der Waals surface area contributed by atoms with E-state index in [-0.39, 0.29) is 11.9 Å². The zero-order chi connectivity index (χ0) is 19.8. The monoisotopic (exact) mass is 383 g/mol. The van der Waals surface area contributed by atoms with E-state index in [0.29, 0.717) is 19.7 Å². The van der Waals surface area contributed by atoms with Gasteiger partial charge in [0.2, 0.25) is 0 Å². The summed E-state index contributed by atoms with van der Waals surface area (Å²) in [5.74, 6) is 0.655. The van der Waals surface area contributed by atoms with Crippen LogP contribution in [0.25, 0.3) is 0 Å². The minimum Gasteiger partial charge on any atom is -0.466 e. The van der Waals surface area contributed by atoms with Crippen molar-refractivity contribution >= 4 is 11.9 Å². The van der Waals surface area contributed by atoms with Crippen LogP contribution in [0.3, 0.4) is 0 Å². The van der Waals surface area contributed by atoms with E-state index >= 15 is 0 Å². The van der Waals surface area contributed by atoms with Gasteiger partial charge in [-0.3, -0.25) is 9.79 Å². The number of hydrogen-bond donors (Lipinski definition) is 1. The Morgan fingerprint density at radius 3 is 2.79 bits per heavy atom. The van der Waals surface area contributed by atoms with Crippen molar-refractivity contribution in [2.75, 3.05) is 26.7 Å². The summed E-state index contributed by atoms with van der Waals surface area (Å²) < 4.78 is 7.24. The zero-order valence-electron chi connectivity index (χ0n) is 16.7. The quantitative estimate of drug-likeness (QED) is 0.471. The minimum atomic E-state index is -0.101. The third-order valence-electron chi connectivity index (χ3n) is 4.95. The Morgan fingerprint density at radius 1 is 1.32 bits per heavy atom. The van der Waals surface area contributed by atoms with Crippen LogP contribution in [0.15, 0.2) is 48.0 Å². The molecule has 0 spiro atoms. The van der Waals surface area contributed by atoms with Crippen LogP contribution in [-0.2, 0) is 22.6 Å². The molecule has 1 aromatic carbocycles. The van der Waals surface area contributed by atoms with Gasteiger partial charge in [-0.2, -0.15) is 0 Å². The second kappa shape index (κ2) is 9.92. The van der Waals surface area contributed by atoms with Crippen LogP contribution in [0.4, 0.5) is 0 Å². The molecule has 3 rings (SSSR count). The fraction of sp³-hybridized carbons (Fsp3) is 0.476. The van der Waals surface area contributed by atoms with Crippen molar-refractivity contribution in [3.8, 4) is 0 Å². The average molecular weight is 383 g/mol. The number of benzene rings is 1. The molecule has 2 heterocycles. The summed E-state index contributed by atoms with van der Waals surface area (Å²) in [6.45, 7) is 5.34. The number of nitrogens with zero attached hydrogens (tertiary/aromatic N) is 4. The van der Waals surface area contributed by atoms with Gasteiger partial charge in [0.15, 0.2) is 5.96 Å². The first-order chi connectivity index (χ1) is 13.7. The molecule has 1 aliphatic rings. The Labute approximate surface area is 166 Å². The molecule has 0 bridgehead atoms. The Kier molecular flexibility index (Phi) is 7.06. The van der Waals surface area contributed by atoms with Gasteiger partial charge in [-0.15, -0.1) is 0 Å². The number of imidazole rings is 1. The molecule has 7 heteroatoms. The molecule has 1 saturated heterocycles. The Balaban J connectivity index is 1.52. The lowest BCUT2D eigenvalue weighted by Gasteiger charge is -2.34. The van der Waals surface area contributed by atoms with Gasteiger partial charge in [0.05, 0.1) is 18.9 Å². The van der Waals surface area contributed by atoms with E-state index in [2.05, 4.69) is 44.5 Å². The number of aromatic nitrogens is 2. The van der Waals surface area contributed by atoms with Crippen molar-refractivity contribution in [2.45, 2.75) is 32.9 Å². The van der Waals surface area contributed by atoms with Gasteiger partial charge in [-0.25, -0.2) is 4.98 Å². The van der Waals surface area contributed by atoms with Crippen LogP contribution >= 0.6 is 0 Å². The van der Waals surface area contributed by atoms with Crippen molar-refractivity contribution in [2.24, 2.45) is 10.9 Å². The molecule has 1 fully saturated rings. The number of carbonyl (C=O) groups is 1. The van der Waals surface area contributed by atoms with E-state index in [1.807, 2.05) is 24.0 Å². The summed E-state index contributed by atoms with van der Waals surface area (Å²) in [5, 5.41) is 3.42. The third-order valence-corrected chi connectivity index (χ3v) is 4.95. The molecule has 1 aliphatic heterocycles. The minimum absolute atomic E-state index is 0.0743. The lowest BCUT2D eigenvalue weighted by Crippen LogP contribution is -2.48. The predicted octanol–water partition coefficient (Wildman–Crippen LogP) is 2.28. The number of likely N-dealkylation sites (tertiary alicyclic amines) is 1. The number of carbonyl (C=O) groups excluding carboxylic acids is 1. The van der Waals surface area contributed by atoms with Gasteiger partial charge in [0.1, 0.15) is 0 Å². The van der Waals surface area contributed by atoms with Crippen molar-refractivity contribution in [1.29, 1.82) is 0 Å². The molecule has 0 aliphatic carbocycles. The Morgan fingerprint density at radius 2 is 2.11 bits per heavy atom. The standard InChI is InChI=1S/C21H29N5O2/c1-3-28-20(27)19-5-4-11-26(15-19)21(22-2)24-13-17-6-8-18(9-7-17)14-25-12-10-23-16-25/h6-10,12,16,19H,3-5,11,13-15H2,1-2H3,(H,22,24). The fourth-order valence-electron chi connectivity index (χ4n) is 3.49. The topological polar surface area (TPSA) is 71.8 Å². The van der Waals surface area contributed by atoms with Crippen LogP contribution in [0, 0.1) is 5.92 Å². The molecule has 1 aromatic heterocycles. The molecular formula is C21H29N5O2. The van der Waals surface area contributed by atoms with Gasteiger partial charge in [0.25, 0.3) is 0 Å². The summed E-state index contributed by atoms with van der Waals surface area (Å²) in [5.41, 5.74) is 2.42. The predicted molar refractivity (Wildman–Crippen MR) is 109 cm³/mol. The number of aliphatic imine (C=N–C) groups is 1. The normalized spacial score (nSPS) is 17.4. The van der Waals surface area contributed by atoms with E-state index in [1.165, 1.54) is 11.1 Å². The molecule has 2 aromatic rings. The third kappa shape index (κ3) is 5.34. The number of piperidine rings is 1.